The van der Waals surface area contributed by atoms with E-state index in [2.05, 4.69) is 15.0 Å². The van der Waals surface area contributed by atoms with Gasteiger partial charge in [-0.3, -0.25) is 14.4 Å². The zero-order valence-electron chi connectivity index (χ0n) is 18.0. The molecule has 36 heavy (non-hydrogen) atoms. The Hall–Kier alpha value is -4.49. The molecule has 3 aromatic rings. The van der Waals surface area contributed by atoms with Crippen LogP contribution >= 0.6 is 0 Å². The Kier molecular flexibility index (Phi) is 7.86. The van der Waals surface area contributed by atoms with Crippen LogP contribution in [0.5, 0.6) is 5.75 Å². The zero-order valence-corrected chi connectivity index (χ0v) is 18.0. The van der Waals surface area contributed by atoms with Gasteiger partial charge < -0.3 is 26.1 Å². The van der Waals surface area contributed by atoms with Gasteiger partial charge in [0.05, 0.1) is 6.42 Å². The maximum Gasteiger partial charge on any atom is 0.334 e. The predicted octanol–water partition coefficient (Wildman–Crippen LogP) is 1.49. The molecule has 0 aliphatic carbocycles. The van der Waals surface area contributed by atoms with Crippen molar-refractivity contribution in [1.29, 1.82) is 0 Å². The molecule has 190 valence electrons. The Morgan fingerprint density at radius 3 is 2.19 bits per heavy atom. The van der Waals surface area contributed by atoms with Gasteiger partial charge in [-0.15, -0.1) is 0 Å². The summed E-state index contributed by atoms with van der Waals surface area (Å²) in [6.45, 7) is 0. The van der Waals surface area contributed by atoms with Gasteiger partial charge in [-0.25, -0.2) is 18.0 Å². The second-order valence-corrected chi connectivity index (χ2v) is 7.45. The number of H-pyrrole nitrogens is 1. The number of fused-ring (bicyclic) bond motifs is 1. The molecule has 0 aliphatic heterocycles. The Bertz CT molecular complexity index is 1320. The van der Waals surface area contributed by atoms with E-state index in [-0.39, 0.29) is 12.8 Å². The van der Waals surface area contributed by atoms with Crippen molar-refractivity contribution in [3.8, 4) is 5.75 Å². The molecule has 0 saturated carbocycles. The van der Waals surface area contributed by atoms with Gasteiger partial charge in [-0.2, -0.15) is 8.78 Å². The number of nitrogens with two attached hydrogens (primary N) is 1. The minimum absolute atomic E-state index is 0.0927. The monoisotopic (exact) mass is 512 g/mol. The van der Waals surface area contributed by atoms with Gasteiger partial charge in [0.25, 0.3) is 0 Å². The van der Waals surface area contributed by atoms with Gasteiger partial charge in [0.15, 0.2) is 0 Å². The number of carbonyl (C=O) groups is 4. The summed E-state index contributed by atoms with van der Waals surface area (Å²) < 4.78 is 72.1. The lowest BCUT2D eigenvalue weighted by molar-refractivity contribution is -0.141. The molecular weight excluding hydrogens is 495 g/mol. The molecule has 2 aromatic carbocycles. The summed E-state index contributed by atoms with van der Waals surface area (Å²) in [6, 6.07) is 3.71. The van der Waals surface area contributed by atoms with E-state index in [1.807, 2.05) is 5.32 Å². The maximum absolute atomic E-state index is 13.9. The fourth-order valence-corrected chi connectivity index (χ4v) is 3.34. The van der Waals surface area contributed by atoms with E-state index in [4.69, 9.17) is 5.73 Å². The van der Waals surface area contributed by atoms with Crippen molar-refractivity contribution in [3.63, 3.8) is 0 Å². The Balaban J connectivity index is 1.83. The molecule has 14 heteroatoms. The van der Waals surface area contributed by atoms with Crippen LogP contribution in [0.1, 0.15) is 12.0 Å². The summed E-state index contributed by atoms with van der Waals surface area (Å²) in [5.74, 6) is -18.0. The number of benzene rings is 2. The summed E-state index contributed by atoms with van der Waals surface area (Å²) in [7, 11) is 0. The minimum atomic E-state index is -2.48. The molecule has 3 rings (SSSR count). The number of hydrogen-bond acceptors (Lipinski definition) is 5. The lowest BCUT2D eigenvalue weighted by atomic mass is 10.0. The highest BCUT2D eigenvalue weighted by molar-refractivity contribution is 5.93. The van der Waals surface area contributed by atoms with Gasteiger partial charge >= 0.3 is 5.97 Å². The smallest absolute Gasteiger partial charge is 0.334 e. The van der Waals surface area contributed by atoms with Crippen LogP contribution in [0.3, 0.4) is 0 Å². The molecule has 0 radical (unpaired) electrons. The van der Waals surface area contributed by atoms with Crippen LogP contribution in [0.15, 0.2) is 30.5 Å². The fraction of sp³-hybridized carbons (Fsp3) is 0.182. The van der Waals surface area contributed by atoms with Gasteiger partial charge in [0.2, 0.25) is 53.1 Å². The Morgan fingerprint density at radius 2 is 1.58 bits per heavy atom. The molecular formula is C22H17F5N4O5. The molecule has 3 amide bonds. The molecule has 0 fully saturated rings. The summed E-state index contributed by atoms with van der Waals surface area (Å²) in [5.41, 5.74) is 6.37. The number of primary amides is 1. The SMILES string of the molecule is NC(=O)C[C@H](NC(=O)[C@@H](Cc1c[nH]c2ccccc12)NC=O)C(=O)Oc1c(F)c(F)c(F)c(F)c1F. The minimum Gasteiger partial charge on any atom is -0.418 e. The molecule has 5 N–H and O–H groups in total. The quantitative estimate of drug-likeness (QED) is 0.0813. The topological polar surface area (TPSA) is 143 Å². The van der Waals surface area contributed by atoms with E-state index in [0.717, 1.165) is 10.9 Å². The number of carbonyl (C=O) groups excluding carboxylic acids is 4. The van der Waals surface area contributed by atoms with Crippen LogP contribution < -0.4 is 21.1 Å². The lowest BCUT2D eigenvalue weighted by Crippen LogP contribution is -2.52. The summed E-state index contributed by atoms with van der Waals surface area (Å²) in [5, 5.41) is 5.00. The molecule has 0 unspecified atom stereocenters. The van der Waals surface area contributed by atoms with E-state index < -0.39 is 71.1 Å². The molecule has 2 atom stereocenters. The van der Waals surface area contributed by atoms with E-state index in [1.54, 1.807) is 30.5 Å². The first-order valence-electron chi connectivity index (χ1n) is 10.1. The third kappa shape index (κ3) is 5.42. The van der Waals surface area contributed by atoms with E-state index in [9.17, 15) is 41.1 Å². The van der Waals surface area contributed by atoms with Crippen LogP contribution in [-0.4, -0.2) is 41.3 Å². The average Bonchev–Trinajstić information content (AvgIpc) is 3.26. The van der Waals surface area contributed by atoms with Gasteiger partial charge in [0.1, 0.15) is 12.1 Å². The third-order valence-corrected chi connectivity index (χ3v) is 5.06. The maximum atomic E-state index is 13.9. The third-order valence-electron chi connectivity index (χ3n) is 5.06. The number of nitrogens with one attached hydrogen (secondary N) is 3. The van der Waals surface area contributed by atoms with Crippen LogP contribution in [0.2, 0.25) is 0 Å². The van der Waals surface area contributed by atoms with Crippen molar-refractivity contribution in [2.45, 2.75) is 24.9 Å². The first-order valence-corrected chi connectivity index (χ1v) is 10.1. The van der Waals surface area contributed by atoms with Gasteiger partial charge in [-0.05, 0) is 11.6 Å². The lowest BCUT2D eigenvalue weighted by Gasteiger charge is -2.21. The molecule has 0 aliphatic rings. The first kappa shape index (κ1) is 26.1. The standard InChI is InChI=1S/C22H17F5N4O5/c23-15-16(24)18(26)20(19(27)17(15)25)36-22(35)13(6-14(28)33)31-21(34)12(30-8-32)5-9-7-29-11-4-2-1-3-10(9)11/h1-4,7-8,12-13,29H,5-6H2,(H2,28,33)(H,30,32)(H,31,34)/t12-,13+/m1/s1. The number of hydrogen-bond donors (Lipinski definition) is 4. The summed E-state index contributed by atoms with van der Waals surface area (Å²) in [6.07, 6.45) is 0.733. The highest BCUT2D eigenvalue weighted by Crippen LogP contribution is 2.29. The van der Waals surface area contributed by atoms with Crippen molar-refractivity contribution in [1.82, 2.24) is 15.6 Å². The van der Waals surface area contributed by atoms with Crippen molar-refractivity contribution in [2.75, 3.05) is 0 Å². The van der Waals surface area contributed by atoms with Crippen LogP contribution in [0.4, 0.5) is 22.0 Å². The number of halogens is 5. The predicted molar refractivity (Wildman–Crippen MR) is 113 cm³/mol. The number of ether oxygens (including phenoxy) is 1. The van der Waals surface area contributed by atoms with Gasteiger partial charge in [-0.1, -0.05) is 18.2 Å². The highest BCUT2D eigenvalue weighted by atomic mass is 19.2. The molecule has 0 saturated heterocycles. The number of aromatic nitrogens is 1. The molecule has 0 bridgehead atoms. The summed E-state index contributed by atoms with van der Waals surface area (Å²) >= 11 is 0. The number of esters is 1. The number of rotatable bonds is 10. The number of aromatic amines is 1. The Morgan fingerprint density at radius 1 is 0.972 bits per heavy atom. The normalized spacial score (nSPS) is 12.6. The van der Waals surface area contributed by atoms with E-state index >= 15 is 0 Å². The molecule has 1 aromatic heterocycles. The zero-order chi connectivity index (χ0) is 26.6. The molecule has 1 heterocycles. The second kappa shape index (κ2) is 10.8. The summed E-state index contributed by atoms with van der Waals surface area (Å²) in [4.78, 5) is 50.7. The highest BCUT2D eigenvalue weighted by Gasteiger charge is 2.33. The van der Waals surface area contributed by atoms with Crippen molar-refractivity contribution >= 4 is 35.1 Å². The first-order chi connectivity index (χ1) is 17.0. The average molecular weight is 512 g/mol. The van der Waals surface area contributed by atoms with Crippen LogP contribution in [0.25, 0.3) is 10.9 Å². The molecule has 9 nitrogen and oxygen atoms in total. The van der Waals surface area contributed by atoms with E-state index in [1.165, 1.54) is 0 Å². The fourth-order valence-electron chi connectivity index (χ4n) is 3.34. The van der Waals surface area contributed by atoms with Crippen molar-refractivity contribution in [3.05, 3.63) is 65.1 Å². The number of amides is 3. The van der Waals surface area contributed by atoms with E-state index in [0.29, 0.717) is 5.56 Å². The van der Waals surface area contributed by atoms with Gasteiger partial charge in [0, 0.05) is 23.5 Å². The Labute approximate surface area is 198 Å². The second-order valence-electron chi connectivity index (χ2n) is 7.45. The van der Waals surface area contributed by atoms with Crippen LogP contribution in [-0.2, 0) is 25.6 Å². The molecule has 0 spiro atoms. The van der Waals surface area contributed by atoms with Crippen molar-refractivity contribution in [2.24, 2.45) is 5.73 Å². The van der Waals surface area contributed by atoms with Crippen LogP contribution in [0, 0.1) is 29.1 Å². The largest absolute Gasteiger partial charge is 0.418 e. The number of para-hydroxylation sites is 1. The van der Waals surface area contributed by atoms with Crippen molar-refractivity contribution < 1.29 is 45.9 Å².